The van der Waals surface area contributed by atoms with E-state index in [1.807, 2.05) is 30.3 Å². The molecule has 0 heterocycles. The Morgan fingerprint density at radius 1 is 0.741 bits per heavy atom. The second kappa shape index (κ2) is 7.70. The van der Waals surface area contributed by atoms with E-state index in [1.165, 1.54) is 16.3 Å². The standard InChI is InChI=1S/C25H17BrO/c1-27-21-16-13-18(14-17-21)12-15-20-8-5-11-24(26)25(20)23-10-4-7-19-6-2-3-9-22(19)23/h2-11,13-14,16-17H,1H3. The van der Waals surface area contributed by atoms with Gasteiger partial charge < -0.3 is 4.74 Å². The van der Waals surface area contributed by atoms with Gasteiger partial charge in [0.05, 0.1) is 7.11 Å². The first-order chi connectivity index (χ1) is 13.3. The molecule has 0 saturated carbocycles. The Morgan fingerprint density at radius 2 is 1.48 bits per heavy atom. The summed E-state index contributed by atoms with van der Waals surface area (Å²) in [5.74, 6) is 7.45. The maximum atomic E-state index is 5.21. The Labute approximate surface area is 167 Å². The predicted molar refractivity (Wildman–Crippen MR) is 116 cm³/mol. The summed E-state index contributed by atoms with van der Waals surface area (Å²) in [6.07, 6.45) is 0. The van der Waals surface area contributed by atoms with Crippen molar-refractivity contribution in [3.63, 3.8) is 0 Å². The van der Waals surface area contributed by atoms with Crippen LogP contribution in [0.1, 0.15) is 11.1 Å². The van der Waals surface area contributed by atoms with E-state index in [0.29, 0.717) is 0 Å². The lowest BCUT2D eigenvalue weighted by Crippen LogP contribution is -1.88. The second-order valence-corrected chi connectivity index (χ2v) is 7.02. The van der Waals surface area contributed by atoms with E-state index in [4.69, 9.17) is 4.74 Å². The molecule has 2 heteroatoms. The number of benzene rings is 4. The average molecular weight is 413 g/mol. The highest BCUT2D eigenvalue weighted by molar-refractivity contribution is 9.10. The number of rotatable bonds is 2. The molecule has 1 nitrogen and oxygen atoms in total. The van der Waals surface area contributed by atoms with E-state index >= 15 is 0 Å². The van der Waals surface area contributed by atoms with Crippen LogP contribution in [0.2, 0.25) is 0 Å². The average Bonchev–Trinajstić information content (AvgIpc) is 2.72. The van der Waals surface area contributed by atoms with Gasteiger partial charge in [0.25, 0.3) is 0 Å². The number of hydrogen-bond donors (Lipinski definition) is 0. The van der Waals surface area contributed by atoms with E-state index in [2.05, 4.69) is 82.4 Å². The first-order valence-corrected chi connectivity index (χ1v) is 9.48. The zero-order valence-corrected chi connectivity index (χ0v) is 16.5. The number of ether oxygens (including phenoxy) is 1. The summed E-state index contributed by atoms with van der Waals surface area (Å²) in [4.78, 5) is 0. The molecule has 0 unspecified atom stereocenters. The molecule has 0 N–H and O–H groups in total. The molecule has 0 aromatic heterocycles. The predicted octanol–water partition coefficient (Wildman–Crippen LogP) is 6.68. The van der Waals surface area contributed by atoms with Crippen LogP contribution in [0.15, 0.2) is 89.4 Å². The van der Waals surface area contributed by atoms with Gasteiger partial charge in [-0.3, -0.25) is 0 Å². The van der Waals surface area contributed by atoms with Gasteiger partial charge in [-0.25, -0.2) is 0 Å². The summed E-state index contributed by atoms with van der Waals surface area (Å²) in [6, 6.07) is 28.8. The van der Waals surface area contributed by atoms with Crippen molar-refractivity contribution in [2.75, 3.05) is 7.11 Å². The fourth-order valence-corrected chi connectivity index (χ4v) is 3.74. The molecule has 0 radical (unpaired) electrons. The van der Waals surface area contributed by atoms with Gasteiger partial charge in [0, 0.05) is 21.2 Å². The molecule has 0 atom stereocenters. The van der Waals surface area contributed by atoms with Crippen LogP contribution < -0.4 is 4.74 Å². The van der Waals surface area contributed by atoms with Crippen LogP contribution in [-0.4, -0.2) is 7.11 Å². The lowest BCUT2D eigenvalue weighted by molar-refractivity contribution is 0.415. The molecule has 0 fully saturated rings. The SMILES string of the molecule is COc1ccc(C#Cc2cccc(Br)c2-c2cccc3ccccc23)cc1. The zero-order chi connectivity index (χ0) is 18.6. The summed E-state index contributed by atoms with van der Waals surface area (Å²) in [5.41, 5.74) is 4.26. The van der Waals surface area contributed by atoms with Crippen molar-refractivity contribution in [3.05, 3.63) is 101 Å². The van der Waals surface area contributed by atoms with Gasteiger partial charge in [0.2, 0.25) is 0 Å². The first kappa shape index (κ1) is 17.4. The minimum atomic E-state index is 0.833. The molecule has 0 saturated heterocycles. The van der Waals surface area contributed by atoms with Crippen LogP contribution in [0.5, 0.6) is 5.75 Å². The smallest absolute Gasteiger partial charge is 0.118 e. The summed E-state index contributed by atoms with van der Waals surface area (Å²) in [6.45, 7) is 0. The summed E-state index contributed by atoms with van der Waals surface area (Å²) in [7, 11) is 1.67. The Hall–Kier alpha value is -3.02. The summed E-state index contributed by atoms with van der Waals surface area (Å²) < 4.78 is 6.25. The molecule has 0 amide bonds. The van der Waals surface area contributed by atoms with Crippen LogP contribution in [0.4, 0.5) is 0 Å². The van der Waals surface area contributed by atoms with Gasteiger partial charge in [-0.1, -0.05) is 76.3 Å². The van der Waals surface area contributed by atoms with Crippen molar-refractivity contribution < 1.29 is 4.74 Å². The molecule has 0 bridgehead atoms. The number of fused-ring (bicyclic) bond motifs is 1. The Morgan fingerprint density at radius 3 is 2.30 bits per heavy atom. The highest BCUT2D eigenvalue weighted by atomic mass is 79.9. The van der Waals surface area contributed by atoms with Crippen molar-refractivity contribution in [1.29, 1.82) is 0 Å². The molecule has 0 aliphatic carbocycles. The van der Waals surface area contributed by atoms with Crippen LogP contribution in [0.25, 0.3) is 21.9 Å². The van der Waals surface area contributed by atoms with Crippen LogP contribution in [-0.2, 0) is 0 Å². The van der Waals surface area contributed by atoms with Gasteiger partial charge in [0.15, 0.2) is 0 Å². The van der Waals surface area contributed by atoms with Gasteiger partial charge in [0.1, 0.15) is 5.75 Å². The Bertz CT molecular complexity index is 1160. The molecule has 4 aromatic carbocycles. The summed E-state index contributed by atoms with van der Waals surface area (Å²) >= 11 is 3.73. The molecule has 0 spiro atoms. The third-order valence-electron chi connectivity index (χ3n) is 4.50. The van der Waals surface area contributed by atoms with Crippen LogP contribution in [0.3, 0.4) is 0 Å². The van der Waals surface area contributed by atoms with E-state index < -0.39 is 0 Å². The number of methoxy groups -OCH3 is 1. The lowest BCUT2D eigenvalue weighted by Gasteiger charge is -2.11. The van der Waals surface area contributed by atoms with Crippen molar-refractivity contribution in [3.8, 4) is 28.7 Å². The Balaban J connectivity index is 1.85. The monoisotopic (exact) mass is 412 g/mol. The maximum absolute atomic E-state index is 5.21. The fraction of sp³-hybridized carbons (Fsp3) is 0.0400. The topological polar surface area (TPSA) is 9.23 Å². The normalized spacial score (nSPS) is 10.3. The highest BCUT2D eigenvalue weighted by Crippen LogP contribution is 2.36. The van der Waals surface area contributed by atoms with E-state index in [1.54, 1.807) is 7.11 Å². The van der Waals surface area contributed by atoms with E-state index in [-0.39, 0.29) is 0 Å². The summed E-state index contributed by atoms with van der Waals surface area (Å²) in [5, 5.41) is 2.44. The van der Waals surface area contributed by atoms with Crippen molar-refractivity contribution in [2.24, 2.45) is 0 Å². The third kappa shape index (κ3) is 3.60. The molecule has 4 rings (SSSR count). The first-order valence-electron chi connectivity index (χ1n) is 8.69. The number of hydrogen-bond acceptors (Lipinski definition) is 1. The van der Waals surface area contributed by atoms with Crippen molar-refractivity contribution in [2.45, 2.75) is 0 Å². The van der Waals surface area contributed by atoms with E-state index in [0.717, 1.165) is 26.9 Å². The van der Waals surface area contributed by atoms with Crippen LogP contribution >= 0.6 is 15.9 Å². The quantitative estimate of drug-likeness (QED) is 0.333. The highest BCUT2D eigenvalue weighted by Gasteiger charge is 2.11. The molecular formula is C25H17BrO. The molecule has 4 aromatic rings. The molecule has 0 aliphatic rings. The molecule has 130 valence electrons. The van der Waals surface area contributed by atoms with Gasteiger partial charge in [-0.15, -0.1) is 0 Å². The van der Waals surface area contributed by atoms with Crippen molar-refractivity contribution >= 4 is 26.7 Å². The largest absolute Gasteiger partial charge is 0.497 e. The lowest BCUT2D eigenvalue weighted by atomic mass is 9.94. The molecule has 0 aliphatic heterocycles. The maximum Gasteiger partial charge on any atom is 0.118 e. The van der Waals surface area contributed by atoms with Gasteiger partial charge in [-0.2, -0.15) is 0 Å². The Kier molecular flexibility index (Phi) is 4.96. The van der Waals surface area contributed by atoms with E-state index in [9.17, 15) is 0 Å². The van der Waals surface area contributed by atoms with Crippen molar-refractivity contribution in [1.82, 2.24) is 0 Å². The fourth-order valence-electron chi connectivity index (χ4n) is 3.16. The second-order valence-electron chi connectivity index (χ2n) is 6.17. The third-order valence-corrected chi connectivity index (χ3v) is 5.16. The number of halogens is 1. The van der Waals surface area contributed by atoms with Gasteiger partial charge >= 0.3 is 0 Å². The van der Waals surface area contributed by atoms with Gasteiger partial charge in [-0.05, 0) is 52.7 Å². The molecule has 27 heavy (non-hydrogen) atoms. The zero-order valence-electron chi connectivity index (χ0n) is 14.9. The minimum absolute atomic E-state index is 0.833. The minimum Gasteiger partial charge on any atom is -0.497 e. The van der Waals surface area contributed by atoms with Crippen LogP contribution in [0, 0.1) is 11.8 Å². The molecular weight excluding hydrogens is 396 g/mol.